The second-order valence-electron chi connectivity index (χ2n) is 25.9. The van der Waals surface area contributed by atoms with Crippen LogP contribution < -0.4 is 10.6 Å². The quantitative estimate of drug-likeness (QED) is 0.0567. The highest BCUT2D eigenvalue weighted by Crippen LogP contribution is 2.39. The Morgan fingerprint density at radius 1 is 0.230 bits per heavy atom. The fraction of sp³-hybridized carbons (Fsp3) is 0.965. The summed E-state index contributed by atoms with van der Waals surface area (Å²) in [5.41, 5.74) is 0. The van der Waals surface area contributed by atoms with E-state index in [1.807, 2.05) is 0 Å². The first-order valence-electron chi connectivity index (χ1n) is 32.9. The van der Waals surface area contributed by atoms with Crippen molar-refractivity contribution in [3.8, 4) is 0 Å². The molecule has 26 N–H and O–H groups in total. The lowest BCUT2D eigenvalue weighted by molar-refractivity contribution is -0.396. The first kappa shape index (κ1) is 81.5. The van der Waals surface area contributed by atoms with E-state index in [9.17, 15) is 132 Å². The molecule has 0 aliphatic carbocycles. The number of unbranched alkanes of at least 4 members (excludes halogenated alkanes) is 4. The molecule has 0 unspecified atom stereocenters. The fourth-order valence-electron chi connectivity index (χ4n) is 13.3. The highest BCUT2D eigenvalue weighted by molar-refractivity contribution is 5.76. The highest BCUT2D eigenvalue weighted by atomic mass is 16.8. The van der Waals surface area contributed by atoms with Crippen molar-refractivity contribution >= 4 is 11.8 Å². The smallest absolute Gasteiger partial charge is 0.222 e. The third-order valence-corrected chi connectivity index (χ3v) is 19.1. The molecule has 0 aromatic carbocycles. The van der Waals surface area contributed by atoms with Gasteiger partial charge in [0.25, 0.3) is 0 Å². The van der Waals surface area contributed by atoms with Gasteiger partial charge in [0.05, 0.1) is 46.2 Å². The largest absolute Gasteiger partial charge is 0.394 e. The second kappa shape index (κ2) is 36.3. The molecule has 22 rings (SSSR count). The summed E-state index contributed by atoms with van der Waals surface area (Å²) in [6, 6.07) is 0. The van der Waals surface area contributed by atoms with Crippen LogP contribution in [0.25, 0.3) is 0 Å². The minimum Gasteiger partial charge on any atom is -0.394 e. The number of nitrogens with one attached hydrogen (secondary N) is 2. The maximum Gasteiger partial charge on any atom is 0.222 e. The average molecular weight is 1470 g/mol. The van der Waals surface area contributed by atoms with E-state index in [0.29, 0.717) is 25.7 Å². The van der Waals surface area contributed by atoms with Gasteiger partial charge in [-0.15, -0.1) is 0 Å². The van der Waals surface area contributed by atoms with Crippen LogP contribution in [0.5, 0.6) is 0 Å². The number of carbonyl (C=O) groups excluding carboxylic acids is 2. The Morgan fingerprint density at radius 2 is 0.460 bits per heavy atom. The van der Waals surface area contributed by atoms with Gasteiger partial charge in [-0.1, -0.05) is 19.3 Å². The van der Waals surface area contributed by atoms with Crippen molar-refractivity contribution < 1.29 is 203 Å². The van der Waals surface area contributed by atoms with Gasteiger partial charge in [-0.3, -0.25) is 9.59 Å². The van der Waals surface area contributed by atoms with E-state index >= 15 is 0 Å². The maximum absolute atomic E-state index is 13.5. The van der Waals surface area contributed by atoms with E-state index < -0.39 is 310 Å². The molecule has 0 aromatic rings. The first-order chi connectivity index (χ1) is 47.6. The predicted molar refractivity (Wildman–Crippen MR) is 309 cm³/mol. The van der Waals surface area contributed by atoms with Crippen LogP contribution >= 0.6 is 0 Å². The summed E-state index contributed by atoms with van der Waals surface area (Å²) < 4.78 is 86.5. The molecule has 22 aliphatic heterocycles. The van der Waals surface area contributed by atoms with E-state index in [0.717, 1.165) is 0 Å². The van der Waals surface area contributed by atoms with E-state index in [4.69, 9.17) is 71.1 Å². The number of hydrogen-bond acceptors (Lipinski definition) is 41. The lowest BCUT2D eigenvalue weighted by atomic mass is 9.95. The van der Waals surface area contributed by atoms with Gasteiger partial charge >= 0.3 is 0 Å². The van der Waals surface area contributed by atoms with Gasteiger partial charge in [0.1, 0.15) is 195 Å². The van der Waals surface area contributed by atoms with Crippen LogP contribution in [0.2, 0.25) is 0 Å². The van der Waals surface area contributed by atoms with Crippen LogP contribution in [0.4, 0.5) is 0 Å². The Labute approximate surface area is 567 Å². The third-order valence-electron chi connectivity index (χ3n) is 19.1. The maximum atomic E-state index is 13.5. The highest BCUT2D eigenvalue weighted by Gasteiger charge is 2.60. The minimum atomic E-state index is -2.30. The molecular weight excluding hydrogens is 1370 g/mol. The van der Waals surface area contributed by atoms with Gasteiger partial charge in [-0.25, -0.2) is 0 Å². The zero-order valence-corrected chi connectivity index (χ0v) is 53.4. The lowest BCUT2D eigenvalue weighted by Gasteiger charge is -2.50. The minimum absolute atomic E-state index is 0.0484. The monoisotopic (exact) mass is 1460 g/mol. The van der Waals surface area contributed by atoms with E-state index in [2.05, 4.69) is 10.6 Å². The molecular formula is C57H96N2O41. The van der Waals surface area contributed by atoms with Crippen molar-refractivity contribution in [1.29, 1.82) is 0 Å². The van der Waals surface area contributed by atoms with Crippen LogP contribution in [0.3, 0.4) is 0 Å². The van der Waals surface area contributed by atoms with Gasteiger partial charge in [-0.2, -0.15) is 0 Å². The second-order valence-corrected chi connectivity index (χ2v) is 25.9. The van der Waals surface area contributed by atoms with Crippen molar-refractivity contribution in [3.05, 3.63) is 0 Å². The molecule has 0 saturated carbocycles. The standard InChI is InChI=1S/C57H96N2O41/c60-9-17-26(69)27(70)35(78)50(86-17)59-25(68)7-5-3-1-2-4-6-24(67)58-8-16-43-28(71)36(79)51(87-16)95-44-18(10-61)89-53(38(81)30(44)73)97-46-20(12-63)91-55(40(83)32(46)75)99-48-22(14-65)93-57(42(85)34(48)77)100-49-23(15-66)92-56(41(84)33(49)76)98-47-21(13-64)90-54(39(82)31(47)74)96-45-19(11-62)88-52(94-43)37(80)29(45)72/h16-23,26-57,60-66,69-85H,1-15H2,(H,58,67)(H,59,68)/t16-,17-,18-,19-,20-,21-,22-,23-,26-,27-,28+,29+,30+,31+,32+,33+,34+,35-,36-,37-,38-,39-,40-,41-,42-,43+,44+,45+,46+,47+,48+,49+,50+,51+,52+,53+,54+,55+,56+,57+/m0/s1. The fourth-order valence-corrected chi connectivity index (χ4v) is 13.3. The molecule has 14 bridgehead atoms. The summed E-state index contributed by atoms with van der Waals surface area (Å²) in [6.45, 7) is -7.89. The number of aliphatic hydroxyl groups is 24. The number of hydrogen-bond donors (Lipinski definition) is 26. The molecule has 40 atom stereocenters. The van der Waals surface area contributed by atoms with Crippen LogP contribution in [0, 0.1) is 0 Å². The zero-order valence-electron chi connectivity index (χ0n) is 53.4. The molecule has 100 heavy (non-hydrogen) atoms. The molecule has 43 heteroatoms. The van der Waals surface area contributed by atoms with Crippen LogP contribution in [0.15, 0.2) is 0 Å². The number of aliphatic hydroxyl groups excluding tert-OH is 24. The van der Waals surface area contributed by atoms with Crippen molar-refractivity contribution in [2.24, 2.45) is 0 Å². The Hall–Kier alpha value is -2.62. The van der Waals surface area contributed by atoms with E-state index in [1.165, 1.54) is 0 Å². The molecule has 43 nitrogen and oxygen atoms in total. The zero-order chi connectivity index (χ0) is 72.9. The molecule has 22 fully saturated rings. The molecule has 22 saturated heterocycles. The molecule has 0 radical (unpaired) electrons. The lowest BCUT2D eigenvalue weighted by Crippen LogP contribution is -2.68. The Balaban J connectivity index is 0.930. The Morgan fingerprint density at radius 3 is 0.720 bits per heavy atom. The van der Waals surface area contributed by atoms with Crippen molar-refractivity contribution in [2.75, 3.05) is 52.8 Å². The summed E-state index contributed by atoms with van der Waals surface area (Å²) in [5.74, 6) is -1.21. The molecule has 22 aliphatic rings. The summed E-state index contributed by atoms with van der Waals surface area (Å²) in [7, 11) is 0. The van der Waals surface area contributed by atoms with Crippen LogP contribution in [0.1, 0.15) is 44.9 Å². The SMILES string of the molecule is O=C(CCCCCCCC(=O)N[C@@H]1O[C@@H](CO)[C@H](O)[C@H](O)[C@@H]1O)NC[C@@H]1O[C@@H]2O[C@H]3[C@H](O)[C@H](O)[C@@H](O[C@H]4[C@H](O)[C@H](O)[C@@H](O[C@H]5[C@H](O)[C@H](O)[C@@H](O[C@H]6[C@H](O)[C@H](O)[C@@H](O[C@H]7[C@H](O)[C@H](O)[C@@H](O[C@H]8[C@H](O)[C@H](O)[C@@H](O[C@H]1[C@H](O)[C@@H]2O)O[C@H]8CO)O[C@H]7CO)O[C@H]6CO)O[C@H]5CO)O[C@H]4CO)O[C@H]3CO. The van der Waals surface area contributed by atoms with Crippen molar-refractivity contribution in [2.45, 2.75) is 291 Å². The topological polar surface area (TPSA) is 682 Å². The van der Waals surface area contributed by atoms with Gasteiger partial charge < -0.3 is 204 Å². The predicted octanol–water partition coefficient (Wildman–Crippen LogP) is -16.5. The van der Waals surface area contributed by atoms with Crippen molar-refractivity contribution in [1.82, 2.24) is 10.6 Å². The Bertz CT molecular complexity index is 2500. The third kappa shape index (κ3) is 17.8. The summed E-state index contributed by atoms with van der Waals surface area (Å²) in [5, 5.41) is 269. The van der Waals surface area contributed by atoms with Crippen molar-refractivity contribution in [3.63, 3.8) is 0 Å². The number of carbonyl (C=O) groups is 2. The summed E-state index contributed by atoms with van der Waals surface area (Å²) in [4.78, 5) is 26.1. The molecule has 0 aromatic heterocycles. The van der Waals surface area contributed by atoms with Gasteiger partial charge in [0.2, 0.25) is 11.8 Å². The van der Waals surface area contributed by atoms with Gasteiger partial charge in [0, 0.05) is 19.4 Å². The number of rotatable bonds is 18. The van der Waals surface area contributed by atoms with Gasteiger partial charge in [-0.05, 0) is 12.8 Å². The molecule has 22 heterocycles. The van der Waals surface area contributed by atoms with E-state index in [-0.39, 0.29) is 19.3 Å². The van der Waals surface area contributed by atoms with Crippen LogP contribution in [-0.4, -0.2) is 433 Å². The molecule has 2 amide bonds. The average Bonchev–Trinajstić information content (AvgIpc) is 0.778. The summed E-state index contributed by atoms with van der Waals surface area (Å²) >= 11 is 0. The Kier molecular flexibility index (Phi) is 29.6. The normalized spacial score (nSPS) is 49.9. The van der Waals surface area contributed by atoms with E-state index in [1.54, 1.807) is 0 Å². The molecule has 580 valence electrons. The van der Waals surface area contributed by atoms with Crippen LogP contribution in [-0.2, 0) is 80.6 Å². The first-order valence-corrected chi connectivity index (χ1v) is 32.9. The number of ether oxygens (including phenoxy) is 15. The number of amides is 2. The molecule has 0 spiro atoms. The summed E-state index contributed by atoms with van der Waals surface area (Å²) in [6.07, 6.45) is -78.1. The van der Waals surface area contributed by atoms with Gasteiger partial charge in [0.15, 0.2) is 50.3 Å².